The summed E-state index contributed by atoms with van der Waals surface area (Å²) in [7, 11) is 0. The highest BCUT2D eigenvalue weighted by Crippen LogP contribution is 2.24. The van der Waals surface area contributed by atoms with Gasteiger partial charge in [-0.3, -0.25) is 10.1 Å². The van der Waals surface area contributed by atoms with Crippen molar-refractivity contribution in [2.24, 2.45) is 0 Å². The molecular weight excluding hydrogens is 324 g/mol. The number of hydrogen-bond acceptors (Lipinski definition) is 4. The molecule has 20 heavy (non-hydrogen) atoms. The molecule has 0 fully saturated rings. The van der Waals surface area contributed by atoms with E-state index >= 15 is 0 Å². The average molecular weight is 333 g/mol. The number of benzene rings is 2. The number of non-ortho nitro benzene ring substituents is 1. The predicted octanol–water partition coefficient (Wildman–Crippen LogP) is 3.81. The maximum Gasteiger partial charge on any atom is 0.271 e. The van der Waals surface area contributed by atoms with Crippen molar-refractivity contribution in [2.45, 2.75) is 6.61 Å². The number of hydrogen-bond donors (Lipinski definition) is 0. The molecule has 6 heteroatoms. The minimum Gasteiger partial charge on any atom is -0.488 e. The summed E-state index contributed by atoms with van der Waals surface area (Å²) in [5.74, 6) is 0.334. The summed E-state index contributed by atoms with van der Waals surface area (Å²) in [6, 6.07) is 13.4. The lowest BCUT2D eigenvalue weighted by molar-refractivity contribution is -0.384. The zero-order chi connectivity index (χ0) is 14.5. The van der Waals surface area contributed by atoms with Crippen LogP contribution in [0.25, 0.3) is 0 Å². The highest BCUT2D eigenvalue weighted by Gasteiger charge is 2.11. The van der Waals surface area contributed by atoms with Crippen LogP contribution in [0.4, 0.5) is 5.69 Å². The summed E-state index contributed by atoms with van der Waals surface area (Å²) in [5, 5.41) is 19.6. The van der Waals surface area contributed by atoms with Crippen LogP contribution in [0, 0.1) is 21.4 Å². The van der Waals surface area contributed by atoms with Gasteiger partial charge in [0.1, 0.15) is 24.0 Å². The number of nitro benzene ring substituents is 1. The van der Waals surface area contributed by atoms with Crippen molar-refractivity contribution in [1.82, 2.24) is 0 Å². The Kier molecular flexibility index (Phi) is 4.33. The van der Waals surface area contributed by atoms with Crippen molar-refractivity contribution >= 4 is 21.6 Å². The third-order valence-electron chi connectivity index (χ3n) is 2.60. The number of ether oxygens (including phenoxy) is 1. The average Bonchev–Trinajstić information content (AvgIpc) is 2.46. The first-order valence-corrected chi connectivity index (χ1v) is 6.45. The minimum atomic E-state index is -0.542. The van der Waals surface area contributed by atoms with Gasteiger partial charge < -0.3 is 4.74 Å². The van der Waals surface area contributed by atoms with Crippen molar-refractivity contribution in [3.8, 4) is 11.8 Å². The lowest BCUT2D eigenvalue weighted by Gasteiger charge is -2.07. The molecule has 5 nitrogen and oxygen atoms in total. The number of halogens is 1. The summed E-state index contributed by atoms with van der Waals surface area (Å²) in [6.07, 6.45) is 0. The number of nitriles is 1. The Hall–Kier alpha value is -2.39. The third kappa shape index (κ3) is 3.33. The second-order valence-corrected chi connectivity index (χ2v) is 4.88. The standard InChI is InChI=1S/C14H9BrN2O3/c15-12-3-1-10(2-4-12)9-20-14-6-5-13(17(18)19)7-11(14)8-16/h1-7H,9H2. The fourth-order valence-corrected chi connectivity index (χ4v) is 1.85. The van der Waals surface area contributed by atoms with Gasteiger partial charge in [0.05, 0.1) is 4.92 Å². The highest BCUT2D eigenvalue weighted by atomic mass is 79.9. The molecule has 0 saturated heterocycles. The summed E-state index contributed by atoms with van der Waals surface area (Å²) >= 11 is 3.34. The van der Waals surface area contributed by atoms with Crippen LogP contribution in [-0.4, -0.2) is 4.92 Å². The number of nitro groups is 1. The highest BCUT2D eigenvalue weighted by molar-refractivity contribution is 9.10. The molecule has 0 N–H and O–H groups in total. The van der Waals surface area contributed by atoms with Gasteiger partial charge in [0.15, 0.2) is 0 Å². The topological polar surface area (TPSA) is 76.2 Å². The second kappa shape index (κ2) is 6.17. The van der Waals surface area contributed by atoms with E-state index in [1.165, 1.54) is 18.2 Å². The predicted molar refractivity (Wildman–Crippen MR) is 76.3 cm³/mol. The van der Waals surface area contributed by atoms with Crippen molar-refractivity contribution in [3.05, 3.63) is 68.2 Å². The maximum atomic E-state index is 10.6. The molecule has 0 radical (unpaired) electrons. The molecule has 0 aromatic heterocycles. The Balaban J connectivity index is 2.15. The van der Waals surface area contributed by atoms with Gasteiger partial charge in [0.25, 0.3) is 5.69 Å². The first-order chi connectivity index (χ1) is 9.60. The third-order valence-corrected chi connectivity index (χ3v) is 3.13. The van der Waals surface area contributed by atoms with E-state index in [1.54, 1.807) is 0 Å². The smallest absolute Gasteiger partial charge is 0.271 e. The van der Waals surface area contributed by atoms with E-state index in [2.05, 4.69) is 15.9 Å². The lowest BCUT2D eigenvalue weighted by atomic mass is 10.2. The van der Waals surface area contributed by atoms with Gasteiger partial charge in [-0.2, -0.15) is 5.26 Å². The Morgan fingerprint density at radius 1 is 1.25 bits per heavy atom. The van der Waals surface area contributed by atoms with Gasteiger partial charge in [0.2, 0.25) is 0 Å². The molecule has 100 valence electrons. The Morgan fingerprint density at radius 2 is 1.95 bits per heavy atom. The summed E-state index contributed by atoms with van der Waals surface area (Å²) in [4.78, 5) is 10.1. The van der Waals surface area contributed by atoms with Crippen LogP contribution in [0.5, 0.6) is 5.75 Å². The van der Waals surface area contributed by atoms with Gasteiger partial charge in [-0.15, -0.1) is 0 Å². The van der Waals surface area contributed by atoms with Gasteiger partial charge in [-0.05, 0) is 23.8 Å². The zero-order valence-electron chi connectivity index (χ0n) is 10.2. The SMILES string of the molecule is N#Cc1cc([N+](=O)[O-])ccc1OCc1ccc(Br)cc1. The van der Waals surface area contributed by atoms with Crippen LogP contribution in [-0.2, 0) is 6.61 Å². The Morgan fingerprint density at radius 3 is 2.55 bits per heavy atom. The van der Waals surface area contributed by atoms with E-state index < -0.39 is 4.92 Å². The molecule has 0 saturated carbocycles. The minimum absolute atomic E-state index is 0.127. The first kappa shape index (κ1) is 14.0. The quantitative estimate of drug-likeness (QED) is 0.630. The largest absolute Gasteiger partial charge is 0.488 e. The van der Waals surface area contributed by atoms with E-state index in [4.69, 9.17) is 10.00 Å². The fourth-order valence-electron chi connectivity index (χ4n) is 1.59. The van der Waals surface area contributed by atoms with Crippen molar-refractivity contribution < 1.29 is 9.66 Å². The fraction of sp³-hybridized carbons (Fsp3) is 0.0714. The van der Waals surface area contributed by atoms with Crippen molar-refractivity contribution in [2.75, 3.05) is 0 Å². The Labute approximate surface area is 123 Å². The molecule has 0 spiro atoms. The molecule has 0 aliphatic rings. The molecule has 0 heterocycles. The van der Waals surface area contributed by atoms with Gasteiger partial charge in [0, 0.05) is 16.6 Å². The Bertz CT molecular complexity index is 678. The molecule has 0 aliphatic heterocycles. The zero-order valence-corrected chi connectivity index (χ0v) is 11.8. The molecule has 0 atom stereocenters. The molecule has 0 bridgehead atoms. The number of rotatable bonds is 4. The van der Waals surface area contributed by atoms with Crippen LogP contribution in [0.2, 0.25) is 0 Å². The maximum absolute atomic E-state index is 10.6. The molecule has 2 aromatic rings. The van der Waals surface area contributed by atoms with E-state index in [9.17, 15) is 10.1 Å². The molecule has 2 rings (SSSR count). The van der Waals surface area contributed by atoms with Gasteiger partial charge >= 0.3 is 0 Å². The number of nitrogens with zero attached hydrogens (tertiary/aromatic N) is 2. The van der Waals surface area contributed by atoms with E-state index in [0.29, 0.717) is 12.4 Å². The molecule has 0 aliphatic carbocycles. The van der Waals surface area contributed by atoms with Crippen LogP contribution >= 0.6 is 15.9 Å². The van der Waals surface area contributed by atoms with Crippen LogP contribution in [0.1, 0.15) is 11.1 Å². The molecule has 0 unspecified atom stereocenters. The van der Waals surface area contributed by atoms with Crippen molar-refractivity contribution in [3.63, 3.8) is 0 Å². The van der Waals surface area contributed by atoms with Crippen LogP contribution < -0.4 is 4.74 Å². The molecule has 2 aromatic carbocycles. The summed E-state index contributed by atoms with van der Waals surface area (Å²) in [5.41, 5.74) is 0.962. The van der Waals surface area contributed by atoms with Crippen molar-refractivity contribution in [1.29, 1.82) is 5.26 Å². The summed E-state index contributed by atoms with van der Waals surface area (Å²) in [6.45, 7) is 0.291. The van der Waals surface area contributed by atoms with Crippen LogP contribution in [0.15, 0.2) is 46.9 Å². The van der Waals surface area contributed by atoms with Gasteiger partial charge in [-0.1, -0.05) is 28.1 Å². The van der Waals surface area contributed by atoms with E-state index in [1.807, 2.05) is 30.3 Å². The normalized spacial score (nSPS) is 9.80. The van der Waals surface area contributed by atoms with E-state index in [0.717, 1.165) is 10.0 Å². The van der Waals surface area contributed by atoms with E-state index in [-0.39, 0.29) is 11.3 Å². The monoisotopic (exact) mass is 332 g/mol. The lowest BCUT2D eigenvalue weighted by Crippen LogP contribution is -1.98. The van der Waals surface area contributed by atoms with Crippen LogP contribution in [0.3, 0.4) is 0 Å². The molecule has 0 amide bonds. The summed E-state index contributed by atoms with van der Waals surface area (Å²) < 4.78 is 6.50. The van der Waals surface area contributed by atoms with Gasteiger partial charge in [-0.25, -0.2) is 0 Å². The second-order valence-electron chi connectivity index (χ2n) is 3.96. The first-order valence-electron chi connectivity index (χ1n) is 5.66. The molecular formula is C14H9BrN2O3.